The minimum Gasteiger partial charge on any atom is -0.493 e. The first-order valence-electron chi connectivity index (χ1n) is 11.2. The van der Waals surface area contributed by atoms with Crippen LogP contribution in [0.1, 0.15) is 34.8 Å². The maximum Gasteiger partial charge on any atom is 0.255 e. The first-order chi connectivity index (χ1) is 17.0. The van der Waals surface area contributed by atoms with Crippen molar-refractivity contribution in [3.63, 3.8) is 0 Å². The van der Waals surface area contributed by atoms with Gasteiger partial charge in [-0.25, -0.2) is 0 Å². The quantitative estimate of drug-likeness (QED) is 0.292. The Balaban J connectivity index is 1.56. The van der Waals surface area contributed by atoms with E-state index in [2.05, 4.69) is 10.1 Å². The number of carbonyl (C=O) groups is 1. The van der Waals surface area contributed by atoms with Crippen LogP contribution in [0.3, 0.4) is 0 Å². The van der Waals surface area contributed by atoms with E-state index in [1.807, 2.05) is 43.3 Å². The molecule has 0 fully saturated rings. The SMILES string of the molecule is COc1ccc(-c2noc(CCN(C(=O)c3ccccc3Cl)[C@@H](C)c3ccccc3)n2)cc1OC. The highest BCUT2D eigenvalue weighted by Crippen LogP contribution is 2.31. The van der Waals surface area contributed by atoms with Crippen LogP contribution in [0, 0.1) is 0 Å². The number of hydrogen-bond acceptors (Lipinski definition) is 6. The van der Waals surface area contributed by atoms with Gasteiger partial charge >= 0.3 is 0 Å². The number of carbonyl (C=O) groups excluding carboxylic acids is 1. The number of methoxy groups -OCH3 is 2. The number of halogens is 1. The van der Waals surface area contributed by atoms with Gasteiger partial charge < -0.3 is 18.9 Å². The summed E-state index contributed by atoms with van der Waals surface area (Å²) < 4.78 is 16.1. The second kappa shape index (κ2) is 11.1. The summed E-state index contributed by atoms with van der Waals surface area (Å²) in [5, 5.41) is 4.52. The fraction of sp³-hybridized carbons (Fsp3) is 0.222. The fourth-order valence-electron chi connectivity index (χ4n) is 3.84. The topological polar surface area (TPSA) is 77.7 Å². The number of ether oxygens (including phenoxy) is 2. The Morgan fingerprint density at radius 2 is 1.71 bits per heavy atom. The van der Waals surface area contributed by atoms with E-state index in [4.69, 9.17) is 25.6 Å². The molecule has 1 amide bonds. The van der Waals surface area contributed by atoms with Gasteiger partial charge in [0.2, 0.25) is 11.7 Å². The van der Waals surface area contributed by atoms with Crippen LogP contribution in [0.25, 0.3) is 11.4 Å². The van der Waals surface area contributed by atoms with Crippen molar-refractivity contribution in [3.8, 4) is 22.9 Å². The Labute approximate surface area is 209 Å². The fourth-order valence-corrected chi connectivity index (χ4v) is 4.05. The second-order valence-electron chi connectivity index (χ2n) is 7.90. The van der Waals surface area contributed by atoms with E-state index < -0.39 is 0 Å². The summed E-state index contributed by atoms with van der Waals surface area (Å²) in [6, 6.07) is 22.1. The second-order valence-corrected chi connectivity index (χ2v) is 8.30. The van der Waals surface area contributed by atoms with Crippen LogP contribution in [-0.4, -0.2) is 41.7 Å². The van der Waals surface area contributed by atoms with Crippen molar-refractivity contribution in [2.75, 3.05) is 20.8 Å². The minimum atomic E-state index is -0.187. The Morgan fingerprint density at radius 3 is 2.43 bits per heavy atom. The first kappa shape index (κ1) is 24.3. The number of benzene rings is 3. The van der Waals surface area contributed by atoms with Gasteiger partial charge in [-0.3, -0.25) is 4.79 Å². The molecule has 0 radical (unpaired) electrons. The smallest absolute Gasteiger partial charge is 0.255 e. The van der Waals surface area contributed by atoms with Gasteiger partial charge in [0.05, 0.1) is 30.8 Å². The Morgan fingerprint density at radius 1 is 1.00 bits per heavy atom. The molecule has 1 atom stereocenters. The summed E-state index contributed by atoms with van der Waals surface area (Å²) in [4.78, 5) is 19.8. The molecular formula is C27H26ClN3O4. The van der Waals surface area contributed by atoms with Crippen molar-refractivity contribution in [3.05, 3.63) is 94.8 Å². The van der Waals surface area contributed by atoms with Crippen molar-refractivity contribution >= 4 is 17.5 Å². The summed E-state index contributed by atoms with van der Waals surface area (Å²) >= 11 is 6.34. The third-order valence-corrected chi connectivity index (χ3v) is 6.12. The molecule has 0 aliphatic heterocycles. The van der Waals surface area contributed by atoms with Crippen LogP contribution in [0.15, 0.2) is 77.3 Å². The van der Waals surface area contributed by atoms with E-state index in [9.17, 15) is 4.79 Å². The summed E-state index contributed by atoms with van der Waals surface area (Å²) in [5.74, 6) is 1.88. The Hall–Kier alpha value is -3.84. The largest absolute Gasteiger partial charge is 0.493 e. The molecule has 0 bridgehead atoms. The molecule has 1 aromatic heterocycles. The summed E-state index contributed by atoms with van der Waals surface area (Å²) in [6.07, 6.45) is 0.383. The maximum absolute atomic E-state index is 13.5. The summed E-state index contributed by atoms with van der Waals surface area (Å²) in [5.41, 5.74) is 2.21. The highest BCUT2D eigenvalue weighted by Gasteiger charge is 2.25. The van der Waals surface area contributed by atoms with Gasteiger partial charge in [0.15, 0.2) is 11.5 Å². The van der Waals surface area contributed by atoms with Gasteiger partial charge in [-0.05, 0) is 42.8 Å². The third kappa shape index (κ3) is 5.46. The van der Waals surface area contributed by atoms with E-state index >= 15 is 0 Å². The van der Waals surface area contributed by atoms with Crippen molar-refractivity contribution in [1.29, 1.82) is 0 Å². The lowest BCUT2D eigenvalue weighted by molar-refractivity contribution is 0.0689. The Bertz CT molecular complexity index is 1290. The highest BCUT2D eigenvalue weighted by molar-refractivity contribution is 6.33. The molecule has 0 saturated heterocycles. The molecule has 0 aliphatic rings. The molecule has 1 heterocycles. The standard InChI is InChI=1S/C27H26ClN3O4/c1-18(19-9-5-4-6-10-19)31(27(32)21-11-7-8-12-22(21)28)16-15-25-29-26(30-35-25)20-13-14-23(33-2)24(17-20)34-3/h4-14,17-18H,15-16H2,1-3H3/t18-/m0/s1. The normalized spacial score (nSPS) is 11.7. The summed E-state index contributed by atoms with van der Waals surface area (Å²) in [6.45, 7) is 2.36. The molecule has 0 unspecified atom stereocenters. The van der Waals surface area contributed by atoms with Crippen LogP contribution in [-0.2, 0) is 6.42 Å². The van der Waals surface area contributed by atoms with Gasteiger partial charge in [0.1, 0.15) is 0 Å². The van der Waals surface area contributed by atoms with Crippen molar-refractivity contribution < 1.29 is 18.8 Å². The molecule has 4 rings (SSSR count). The van der Waals surface area contributed by atoms with Gasteiger partial charge in [0.25, 0.3) is 5.91 Å². The van der Waals surface area contributed by atoms with E-state index in [0.717, 1.165) is 11.1 Å². The van der Waals surface area contributed by atoms with Crippen LogP contribution in [0.2, 0.25) is 5.02 Å². The van der Waals surface area contributed by atoms with Gasteiger partial charge in [0, 0.05) is 18.5 Å². The zero-order valence-corrected chi connectivity index (χ0v) is 20.5. The molecule has 0 spiro atoms. The maximum atomic E-state index is 13.5. The first-order valence-corrected chi connectivity index (χ1v) is 11.5. The molecule has 0 N–H and O–H groups in total. The van der Waals surface area contributed by atoms with Crippen molar-refractivity contribution in [2.45, 2.75) is 19.4 Å². The number of rotatable bonds is 9. The average Bonchev–Trinajstić information content (AvgIpc) is 3.38. The molecular weight excluding hydrogens is 466 g/mol. The van der Waals surface area contributed by atoms with E-state index in [0.29, 0.717) is 46.8 Å². The van der Waals surface area contributed by atoms with Crippen LogP contribution in [0.5, 0.6) is 11.5 Å². The average molecular weight is 492 g/mol. The molecule has 35 heavy (non-hydrogen) atoms. The number of aromatic nitrogens is 2. The van der Waals surface area contributed by atoms with E-state index in [-0.39, 0.29) is 11.9 Å². The Kier molecular flexibility index (Phi) is 7.67. The third-order valence-electron chi connectivity index (χ3n) is 5.79. The zero-order chi connectivity index (χ0) is 24.8. The monoisotopic (exact) mass is 491 g/mol. The minimum absolute atomic E-state index is 0.161. The van der Waals surface area contributed by atoms with Crippen LogP contribution in [0.4, 0.5) is 0 Å². The molecule has 0 aliphatic carbocycles. The van der Waals surface area contributed by atoms with Gasteiger partial charge in [-0.1, -0.05) is 59.2 Å². The molecule has 3 aromatic carbocycles. The zero-order valence-electron chi connectivity index (χ0n) is 19.8. The number of nitrogens with zero attached hydrogens (tertiary/aromatic N) is 3. The molecule has 0 saturated carbocycles. The molecule has 8 heteroatoms. The van der Waals surface area contributed by atoms with Gasteiger partial charge in [-0.2, -0.15) is 4.98 Å². The van der Waals surface area contributed by atoms with E-state index in [1.54, 1.807) is 55.5 Å². The number of amides is 1. The molecule has 7 nitrogen and oxygen atoms in total. The lowest BCUT2D eigenvalue weighted by Crippen LogP contribution is -2.35. The molecule has 4 aromatic rings. The predicted octanol–water partition coefficient (Wildman–Crippen LogP) is 5.85. The summed E-state index contributed by atoms with van der Waals surface area (Å²) in [7, 11) is 3.15. The van der Waals surface area contributed by atoms with Crippen molar-refractivity contribution in [1.82, 2.24) is 15.0 Å². The van der Waals surface area contributed by atoms with Gasteiger partial charge in [-0.15, -0.1) is 0 Å². The molecule has 180 valence electrons. The number of hydrogen-bond donors (Lipinski definition) is 0. The predicted molar refractivity (Wildman–Crippen MR) is 134 cm³/mol. The van der Waals surface area contributed by atoms with Crippen LogP contribution >= 0.6 is 11.6 Å². The van der Waals surface area contributed by atoms with Crippen molar-refractivity contribution in [2.24, 2.45) is 0 Å². The highest BCUT2D eigenvalue weighted by atomic mass is 35.5. The van der Waals surface area contributed by atoms with Crippen LogP contribution < -0.4 is 9.47 Å². The lowest BCUT2D eigenvalue weighted by Gasteiger charge is -2.29. The lowest BCUT2D eigenvalue weighted by atomic mass is 10.0. The van der Waals surface area contributed by atoms with E-state index in [1.165, 1.54) is 0 Å².